The maximum Gasteiger partial charge on any atom is 0.410 e. The number of likely N-dealkylation sites (tertiary alicyclic amines) is 1. The third-order valence-electron chi connectivity index (χ3n) is 3.19. The second-order valence-electron chi connectivity index (χ2n) is 5.96. The normalized spacial score (nSPS) is 21.9. The Bertz CT molecular complexity index is 336. The molecule has 1 aliphatic rings. The van der Waals surface area contributed by atoms with E-state index in [0.717, 1.165) is 6.42 Å². The van der Waals surface area contributed by atoms with Gasteiger partial charge in [-0.2, -0.15) is 0 Å². The predicted molar refractivity (Wildman–Crippen MR) is 68.7 cm³/mol. The van der Waals surface area contributed by atoms with Gasteiger partial charge < -0.3 is 19.8 Å². The summed E-state index contributed by atoms with van der Waals surface area (Å²) >= 11 is 0. The fourth-order valence-electron chi connectivity index (χ4n) is 2.26. The Morgan fingerprint density at radius 3 is 2.53 bits per heavy atom. The van der Waals surface area contributed by atoms with E-state index in [2.05, 4.69) is 0 Å². The summed E-state index contributed by atoms with van der Waals surface area (Å²) in [5, 5.41) is 18.2. The van der Waals surface area contributed by atoms with Crippen LogP contribution in [0.25, 0.3) is 0 Å². The van der Waals surface area contributed by atoms with Gasteiger partial charge in [-0.3, -0.25) is 4.79 Å². The summed E-state index contributed by atoms with van der Waals surface area (Å²) in [6.07, 6.45) is 1.02. The molecule has 1 fully saturated rings. The fourth-order valence-corrected chi connectivity index (χ4v) is 2.26. The molecule has 0 aromatic heterocycles. The molecule has 110 valence electrons. The first-order chi connectivity index (χ1) is 8.74. The van der Waals surface area contributed by atoms with Gasteiger partial charge >= 0.3 is 12.1 Å². The molecule has 0 aromatic carbocycles. The zero-order valence-corrected chi connectivity index (χ0v) is 11.8. The molecular weight excluding hydrogens is 250 g/mol. The fraction of sp³-hybridized carbons (Fsp3) is 0.846. The van der Waals surface area contributed by atoms with Gasteiger partial charge in [-0.05, 0) is 39.5 Å². The van der Waals surface area contributed by atoms with Gasteiger partial charge in [0.2, 0.25) is 0 Å². The van der Waals surface area contributed by atoms with Gasteiger partial charge in [-0.25, -0.2) is 4.79 Å². The van der Waals surface area contributed by atoms with E-state index in [0.29, 0.717) is 19.5 Å². The van der Waals surface area contributed by atoms with E-state index in [1.807, 2.05) is 0 Å². The summed E-state index contributed by atoms with van der Waals surface area (Å²) in [5.74, 6) is -2.05. The molecule has 6 nitrogen and oxygen atoms in total. The second kappa shape index (κ2) is 6.23. The molecule has 2 unspecified atom stereocenters. The van der Waals surface area contributed by atoms with Crippen LogP contribution in [-0.4, -0.2) is 52.5 Å². The Kier molecular flexibility index (Phi) is 5.17. The van der Waals surface area contributed by atoms with Gasteiger partial charge in [-0.15, -0.1) is 0 Å². The van der Waals surface area contributed by atoms with Gasteiger partial charge in [0.1, 0.15) is 5.60 Å². The lowest BCUT2D eigenvalue weighted by atomic mass is 9.86. The summed E-state index contributed by atoms with van der Waals surface area (Å²) in [4.78, 5) is 24.5. The number of carboxylic acids is 1. The van der Waals surface area contributed by atoms with Crippen LogP contribution < -0.4 is 0 Å². The molecule has 1 heterocycles. The van der Waals surface area contributed by atoms with Crippen LogP contribution in [0, 0.1) is 11.8 Å². The number of ether oxygens (including phenoxy) is 1. The lowest BCUT2D eigenvalue weighted by molar-refractivity contribution is -0.146. The minimum Gasteiger partial charge on any atom is -0.481 e. The standard InChI is InChI=1S/C13H23NO5/c1-13(2,3)19-12(18)14-6-4-5-9(7-14)10(8-15)11(16)17/h9-10,15H,4-8H2,1-3H3,(H,16,17). The first-order valence-electron chi connectivity index (χ1n) is 6.56. The Hall–Kier alpha value is -1.30. The van der Waals surface area contributed by atoms with E-state index in [4.69, 9.17) is 14.9 Å². The van der Waals surface area contributed by atoms with Gasteiger partial charge in [-0.1, -0.05) is 0 Å². The number of amides is 1. The van der Waals surface area contributed by atoms with Crippen LogP contribution in [-0.2, 0) is 9.53 Å². The number of hydrogen-bond donors (Lipinski definition) is 2. The van der Waals surface area contributed by atoms with E-state index >= 15 is 0 Å². The van der Waals surface area contributed by atoms with Gasteiger partial charge in [0, 0.05) is 13.1 Å². The maximum atomic E-state index is 11.9. The molecule has 0 radical (unpaired) electrons. The van der Waals surface area contributed by atoms with E-state index in [9.17, 15) is 9.59 Å². The second-order valence-corrected chi connectivity index (χ2v) is 5.96. The highest BCUT2D eigenvalue weighted by Gasteiger charge is 2.34. The molecule has 0 bridgehead atoms. The van der Waals surface area contributed by atoms with E-state index in [1.165, 1.54) is 4.90 Å². The highest BCUT2D eigenvalue weighted by Crippen LogP contribution is 2.25. The average Bonchev–Trinajstić information content (AvgIpc) is 2.27. The monoisotopic (exact) mass is 273 g/mol. The van der Waals surface area contributed by atoms with Crippen LogP contribution in [0.15, 0.2) is 0 Å². The highest BCUT2D eigenvalue weighted by molar-refractivity contribution is 5.71. The molecule has 2 N–H and O–H groups in total. The predicted octanol–water partition coefficient (Wildman–Crippen LogP) is 1.33. The number of carbonyl (C=O) groups excluding carboxylic acids is 1. The van der Waals surface area contributed by atoms with Crippen molar-refractivity contribution in [3.8, 4) is 0 Å². The number of hydrogen-bond acceptors (Lipinski definition) is 4. The number of nitrogens with zero attached hydrogens (tertiary/aromatic N) is 1. The SMILES string of the molecule is CC(C)(C)OC(=O)N1CCCC(C(CO)C(=O)O)C1. The molecule has 19 heavy (non-hydrogen) atoms. The molecule has 0 saturated carbocycles. The van der Waals surface area contributed by atoms with Gasteiger partial charge in [0.25, 0.3) is 0 Å². The van der Waals surface area contributed by atoms with Crippen molar-refractivity contribution in [1.29, 1.82) is 0 Å². The summed E-state index contributed by atoms with van der Waals surface area (Å²) in [7, 11) is 0. The molecule has 0 spiro atoms. The van der Waals surface area contributed by atoms with Crippen LogP contribution >= 0.6 is 0 Å². The topological polar surface area (TPSA) is 87.1 Å². The third-order valence-corrected chi connectivity index (χ3v) is 3.19. The molecule has 1 amide bonds. The highest BCUT2D eigenvalue weighted by atomic mass is 16.6. The molecule has 1 saturated heterocycles. The first kappa shape index (κ1) is 15.8. The Morgan fingerprint density at radius 1 is 1.42 bits per heavy atom. The molecule has 0 aromatic rings. The maximum absolute atomic E-state index is 11.9. The van der Waals surface area contributed by atoms with Crippen molar-refractivity contribution < 1.29 is 24.5 Å². The van der Waals surface area contributed by atoms with E-state index < -0.39 is 30.2 Å². The molecule has 6 heteroatoms. The van der Waals surface area contributed by atoms with E-state index in [-0.39, 0.29) is 5.92 Å². The lowest BCUT2D eigenvalue weighted by Crippen LogP contribution is -2.46. The number of aliphatic hydroxyl groups is 1. The minimum atomic E-state index is -1.02. The Balaban J connectivity index is 2.64. The minimum absolute atomic E-state index is 0.219. The number of carboxylic acid groups (broad SMARTS) is 1. The summed E-state index contributed by atoms with van der Waals surface area (Å²) in [6, 6.07) is 0. The number of rotatable bonds is 3. The lowest BCUT2D eigenvalue weighted by Gasteiger charge is -2.35. The largest absolute Gasteiger partial charge is 0.481 e. The molecular formula is C13H23NO5. The summed E-state index contributed by atoms with van der Waals surface area (Å²) in [5.41, 5.74) is -0.562. The molecule has 1 aliphatic heterocycles. The van der Waals surface area contributed by atoms with Crippen molar-refractivity contribution in [2.24, 2.45) is 11.8 Å². The van der Waals surface area contributed by atoms with Gasteiger partial charge in [0.15, 0.2) is 0 Å². The number of aliphatic carboxylic acids is 1. The van der Waals surface area contributed by atoms with Crippen LogP contribution in [0.1, 0.15) is 33.6 Å². The zero-order chi connectivity index (χ0) is 14.6. The zero-order valence-electron chi connectivity index (χ0n) is 11.8. The van der Waals surface area contributed by atoms with Crippen molar-refractivity contribution in [3.05, 3.63) is 0 Å². The van der Waals surface area contributed by atoms with Crippen LogP contribution in [0.3, 0.4) is 0 Å². The summed E-state index contributed by atoms with van der Waals surface area (Å²) < 4.78 is 5.28. The smallest absolute Gasteiger partial charge is 0.410 e. The van der Waals surface area contributed by atoms with Gasteiger partial charge in [0.05, 0.1) is 12.5 Å². The quantitative estimate of drug-likeness (QED) is 0.810. The van der Waals surface area contributed by atoms with Crippen LogP contribution in [0.4, 0.5) is 4.79 Å². The third kappa shape index (κ3) is 4.70. The van der Waals surface area contributed by atoms with Crippen LogP contribution in [0.2, 0.25) is 0 Å². The van der Waals surface area contributed by atoms with Crippen molar-refractivity contribution in [2.75, 3.05) is 19.7 Å². The number of carbonyl (C=O) groups is 2. The van der Waals surface area contributed by atoms with Crippen molar-refractivity contribution >= 4 is 12.1 Å². The van der Waals surface area contributed by atoms with Crippen molar-refractivity contribution in [2.45, 2.75) is 39.2 Å². The Labute approximate surface area is 113 Å². The number of aliphatic hydroxyl groups excluding tert-OH is 1. The van der Waals surface area contributed by atoms with Crippen LogP contribution in [0.5, 0.6) is 0 Å². The Morgan fingerprint density at radius 2 is 2.05 bits per heavy atom. The average molecular weight is 273 g/mol. The molecule has 2 atom stereocenters. The summed E-state index contributed by atoms with van der Waals surface area (Å²) in [6.45, 7) is 5.87. The van der Waals surface area contributed by atoms with E-state index in [1.54, 1.807) is 20.8 Å². The van der Waals surface area contributed by atoms with Crippen molar-refractivity contribution in [3.63, 3.8) is 0 Å². The molecule has 0 aliphatic carbocycles. The molecule has 1 rings (SSSR count). The first-order valence-corrected chi connectivity index (χ1v) is 6.56. The number of piperidine rings is 1. The van der Waals surface area contributed by atoms with Crippen molar-refractivity contribution in [1.82, 2.24) is 4.90 Å².